The first-order chi connectivity index (χ1) is 10.1. The van der Waals surface area contributed by atoms with E-state index >= 15 is 0 Å². The Morgan fingerprint density at radius 1 is 1.24 bits per heavy atom. The lowest BCUT2D eigenvalue weighted by Crippen LogP contribution is -1.97. The maximum absolute atomic E-state index is 13.5. The Labute approximate surface area is 119 Å². The van der Waals surface area contributed by atoms with Gasteiger partial charge in [0.15, 0.2) is 11.6 Å². The largest absolute Gasteiger partial charge is 0.486 e. The lowest BCUT2D eigenvalue weighted by atomic mass is 10.1. The van der Waals surface area contributed by atoms with Crippen LogP contribution in [-0.2, 0) is 6.61 Å². The number of carboxylic acid groups (broad SMARTS) is 1. The van der Waals surface area contributed by atoms with E-state index in [1.165, 1.54) is 24.5 Å². The molecule has 106 valence electrons. The molecule has 1 N–H and O–H groups in total. The van der Waals surface area contributed by atoms with Gasteiger partial charge in [-0.1, -0.05) is 12.1 Å². The fourth-order valence-electron chi connectivity index (χ4n) is 2.05. The Kier molecular flexibility index (Phi) is 3.31. The van der Waals surface area contributed by atoms with E-state index in [1.54, 1.807) is 24.3 Å². The van der Waals surface area contributed by atoms with Crippen LogP contribution in [0.4, 0.5) is 4.39 Å². The second kappa shape index (κ2) is 5.28. The number of halogens is 1. The number of fused-ring (bicyclic) bond motifs is 1. The molecule has 0 spiro atoms. The van der Waals surface area contributed by atoms with Crippen molar-refractivity contribution in [3.8, 4) is 5.75 Å². The Hall–Kier alpha value is -2.82. The van der Waals surface area contributed by atoms with Gasteiger partial charge in [0, 0.05) is 10.9 Å². The summed E-state index contributed by atoms with van der Waals surface area (Å²) in [5.74, 6) is -1.29. The maximum atomic E-state index is 13.5. The molecular weight excluding hydrogens is 275 g/mol. The van der Waals surface area contributed by atoms with Crippen molar-refractivity contribution in [2.75, 3.05) is 0 Å². The third-order valence-electron chi connectivity index (χ3n) is 3.12. The third kappa shape index (κ3) is 2.58. The van der Waals surface area contributed by atoms with Gasteiger partial charge in [0.2, 0.25) is 0 Å². The molecule has 0 saturated heterocycles. The molecule has 1 aromatic heterocycles. The highest BCUT2D eigenvalue weighted by molar-refractivity contribution is 5.93. The molecule has 1 heterocycles. The van der Waals surface area contributed by atoms with Crippen molar-refractivity contribution in [3.63, 3.8) is 0 Å². The standard InChI is InChI=1S/C16H11FO4/c17-13-3-1-2-4-14(13)20-8-11-9-21-15-7-10(16(18)19)5-6-12(11)15/h1-7,9H,8H2,(H,18,19). The number of hydrogen-bond donors (Lipinski definition) is 1. The Balaban J connectivity index is 1.85. The van der Waals surface area contributed by atoms with Gasteiger partial charge in [-0.2, -0.15) is 0 Å². The fraction of sp³-hybridized carbons (Fsp3) is 0.0625. The zero-order chi connectivity index (χ0) is 14.8. The molecule has 0 aliphatic heterocycles. The number of furan rings is 1. The van der Waals surface area contributed by atoms with Gasteiger partial charge in [-0.15, -0.1) is 0 Å². The van der Waals surface area contributed by atoms with Crippen LogP contribution < -0.4 is 4.74 Å². The summed E-state index contributed by atoms with van der Waals surface area (Å²) in [6.07, 6.45) is 1.48. The lowest BCUT2D eigenvalue weighted by molar-refractivity contribution is 0.0697. The number of carbonyl (C=O) groups is 1. The molecule has 0 radical (unpaired) electrons. The van der Waals surface area contributed by atoms with Crippen LogP contribution in [0.3, 0.4) is 0 Å². The predicted molar refractivity (Wildman–Crippen MR) is 73.9 cm³/mol. The highest BCUT2D eigenvalue weighted by atomic mass is 19.1. The van der Waals surface area contributed by atoms with Crippen molar-refractivity contribution in [1.82, 2.24) is 0 Å². The molecule has 0 fully saturated rings. The molecule has 3 rings (SSSR count). The van der Waals surface area contributed by atoms with Crippen LogP contribution >= 0.6 is 0 Å². The molecule has 0 aliphatic rings. The molecule has 21 heavy (non-hydrogen) atoms. The van der Waals surface area contributed by atoms with Crippen LogP contribution in [0.25, 0.3) is 11.0 Å². The van der Waals surface area contributed by atoms with Gasteiger partial charge in [-0.3, -0.25) is 0 Å². The van der Waals surface area contributed by atoms with Crippen LogP contribution in [0.5, 0.6) is 5.75 Å². The van der Waals surface area contributed by atoms with Gasteiger partial charge in [-0.25, -0.2) is 9.18 Å². The third-order valence-corrected chi connectivity index (χ3v) is 3.12. The van der Waals surface area contributed by atoms with E-state index < -0.39 is 11.8 Å². The smallest absolute Gasteiger partial charge is 0.335 e. The Bertz CT molecular complexity index is 807. The summed E-state index contributed by atoms with van der Waals surface area (Å²) in [6.45, 7) is 0.139. The summed E-state index contributed by atoms with van der Waals surface area (Å²) in [6, 6.07) is 10.7. The van der Waals surface area contributed by atoms with Crippen molar-refractivity contribution in [2.45, 2.75) is 6.61 Å². The van der Waals surface area contributed by atoms with E-state index in [9.17, 15) is 9.18 Å². The molecule has 4 nitrogen and oxygen atoms in total. The zero-order valence-corrected chi connectivity index (χ0v) is 10.9. The zero-order valence-electron chi connectivity index (χ0n) is 10.9. The molecule has 2 aromatic carbocycles. The molecule has 0 unspecified atom stereocenters. The van der Waals surface area contributed by atoms with Crippen molar-refractivity contribution in [3.05, 3.63) is 65.7 Å². The van der Waals surface area contributed by atoms with E-state index in [2.05, 4.69) is 0 Å². The first-order valence-corrected chi connectivity index (χ1v) is 6.26. The average molecular weight is 286 g/mol. The number of rotatable bonds is 4. The maximum Gasteiger partial charge on any atom is 0.335 e. The average Bonchev–Trinajstić information content (AvgIpc) is 2.88. The Morgan fingerprint density at radius 2 is 2.05 bits per heavy atom. The summed E-state index contributed by atoms with van der Waals surface area (Å²) in [4.78, 5) is 10.9. The number of hydrogen-bond acceptors (Lipinski definition) is 3. The van der Waals surface area contributed by atoms with E-state index in [0.29, 0.717) is 5.58 Å². The summed E-state index contributed by atoms with van der Waals surface area (Å²) >= 11 is 0. The lowest BCUT2D eigenvalue weighted by Gasteiger charge is -2.05. The van der Waals surface area contributed by atoms with Gasteiger partial charge in [-0.05, 0) is 30.3 Å². The summed E-state index contributed by atoms with van der Waals surface area (Å²) in [7, 11) is 0. The first-order valence-electron chi connectivity index (χ1n) is 6.26. The van der Waals surface area contributed by atoms with Crippen LogP contribution in [0, 0.1) is 5.82 Å². The summed E-state index contributed by atoms with van der Waals surface area (Å²) < 4.78 is 24.2. The second-order valence-electron chi connectivity index (χ2n) is 4.50. The van der Waals surface area contributed by atoms with E-state index in [0.717, 1.165) is 10.9 Å². The van der Waals surface area contributed by atoms with Crippen LogP contribution in [-0.4, -0.2) is 11.1 Å². The topological polar surface area (TPSA) is 59.7 Å². The van der Waals surface area contributed by atoms with Crippen molar-refractivity contribution < 1.29 is 23.4 Å². The van der Waals surface area contributed by atoms with Crippen molar-refractivity contribution in [1.29, 1.82) is 0 Å². The predicted octanol–water partition coefficient (Wildman–Crippen LogP) is 3.85. The number of carboxylic acids is 1. The molecule has 0 amide bonds. The number of para-hydroxylation sites is 1. The fourth-order valence-corrected chi connectivity index (χ4v) is 2.05. The normalized spacial score (nSPS) is 10.7. The quantitative estimate of drug-likeness (QED) is 0.791. The number of ether oxygens (including phenoxy) is 1. The molecule has 3 aromatic rings. The molecule has 0 bridgehead atoms. The molecule has 0 atom stereocenters. The SMILES string of the molecule is O=C(O)c1ccc2c(COc3ccccc3F)coc2c1. The molecule has 5 heteroatoms. The van der Waals surface area contributed by atoms with Gasteiger partial charge >= 0.3 is 5.97 Å². The van der Waals surface area contributed by atoms with Crippen molar-refractivity contribution in [2.24, 2.45) is 0 Å². The van der Waals surface area contributed by atoms with Gasteiger partial charge in [0.1, 0.15) is 12.2 Å². The van der Waals surface area contributed by atoms with E-state index in [1.807, 2.05) is 0 Å². The summed E-state index contributed by atoms with van der Waals surface area (Å²) in [5.41, 5.74) is 1.34. The molecular formula is C16H11FO4. The highest BCUT2D eigenvalue weighted by Crippen LogP contribution is 2.24. The number of aromatic carboxylic acids is 1. The monoisotopic (exact) mass is 286 g/mol. The van der Waals surface area contributed by atoms with Crippen LogP contribution in [0.15, 0.2) is 53.1 Å². The molecule has 0 aliphatic carbocycles. The van der Waals surface area contributed by atoms with Gasteiger partial charge < -0.3 is 14.3 Å². The Morgan fingerprint density at radius 3 is 2.81 bits per heavy atom. The minimum Gasteiger partial charge on any atom is -0.486 e. The van der Waals surface area contributed by atoms with E-state index in [4.69, 9.17) is 14.3 Å². The molecule has 0 saturated carbocycles. The minimum atomic E-state index is -1.02. The van der Waals surface area contributed by atoms with E-state index in [-0.39, 0.29) is 17.9 Å². The van der Waals surface area contributed by atoms with Crippen LogP contribution in [0.2, 0.25) is 0 Å². The van der Waals surface area contributed by atoms with Gasteiger partial charge in [0.25, 0.3) is 0 Å². The number of benzene rings is 2. The second-order valence-corrected chi connectivity index (χ2v) is 4.50. The van der Waals surface area contributed by atoms with Gasteiger partial charge in [0.05, 0.1) is 11.8 Å². The highest BCUT2D eigenvalue weighted by Gasteiger charge is 2.11. The first kappa shape index (κ1) is 13.2. The summed E-state index contributed by atoms with van der Waals surface area (Å²) in [5, 5.41) is 9.67. The minimum absolute atomic E-state index is 0.139. The van der Waals surface area contributed by atoms with Crippen LogP contribution in [0.1, 0.15) is 15.9 Å². The van der Waals surface area contributed by atoms with Crippen molar-refractivity contribution >= 4 is 16.9 Å².